The van der Waals surface area contributed by atoms with Crippen molar-refractivity contribution >= 4 is 22.4 Å². The van der Waals surface area contributed by atoms with Crippen molar-refractivity contribution in [3.8, 4) is 6.07 Å². The predicted molar refractivity (Wildman–Crippen MR) is 105 cm³/mol. The first-order chi connectivity index (χ1) is 13.7. The molecule has 0 amide bonds. The second-order valence-electron chi connectivity index (χ2n) is 7.87. The predicted octanol–water partition coefficient (Wildman–Crippen LogP) is 3.63. The number of aromatic nitrogens is 1. The van der Waals surface area contributed by atoms with E-state index in [9.17, 15) is 23.2 Å². The Morgan fingerprint density at radius 3 is 2.72 bits per heavy atom. The first-order valence-corrected chi connectivity index (χ1v) is 9.45. The third-order valence-corrected chi connectivity index (χ3v) is 5.22. The van der Waals surface area contributed by atoms with Crippen LogP contribution in [-0.2, 0) is 4.79 Å². The molecule has 154 valence electrons. The van der Waals surface area contributed by atoms with E-state index in [4.69, 9.17) is 0 Å². The van der Waals surface area contributed by atoms with Gasteiger partial charge >= 0.3 is 6.18 Å². The minimum atomic E-state index is -4.33. The second kappa shape index (κ2) is 8.37. The van der Waals surface area contributed by atoms with Gasteiger partial charge < -0.3 is 9.80 Å². The van der Waals surface area contributed by atoms with E-state index in [0.717, 1.165) is 0 Å². The van der Waals surface area contributed by atoms with E-state index in [-0.39, 0.29) is 37.6 Å². The fourth-order valence-electron chi connectivity index (χ4n) is 4.05. The lowest BCUT2D eigenvalue weighted by Gasteiger charge is -2.40. The van der Waals surface area contributed by atoms with Crippen molar-refractivity contribution in [2.45, 2.75) is 19.0 Å². The molecule has 0 N–H and O–H groups in total. The maximum atomic E-state index is 13.6. The highest BCUT2D eigenvalue weighted by Crippen LogP contribution is 2.39. The summed E-state index contributed by atoms with van der Waals surface area (Å²) in [6, 6.07) is 8.82. The molecule has 1 aliphatic rings. The summed E-state index contributed by atoms with van der Waals surface area (Å²) in [5.74, 6) is -1.95. The van der Waals surface area contributed by atoms with Gasteiger partial charge in [-0.25, -0.2) is 0 Å². The Hall–Kier alpha value is -2.66. The lowest BCUT2D eigenvalue weighted by atomic mass is 9.85. The minimum absolute atomic E-state index is 0.0500. The molecule has 1 saturated heterocycles. The van der Waals surface area contributed by atoms with Crippen LogP contribution in [0, 0.1) is 23.2 Å². The van der Waals surface area contributed by atoms with Crippen LogP contribution < -0.4 is 4.90 Å². The third-order valence-electron chi connectivity index (χ3n) is 5.22. The van der Waals surface area contributed by atoms with Gasteiger partial charge in [0, 0.05) is 36.8 Å². The zero-order chi connectivity index (χ0) is 21.2. The Morgan fingerprint density at radius 2 is 2.07 bits per heavy atom. The fourth-order valence-corrected chi connectivity index (χ4v) is 4.05. The lowest BCUT2D eigenvalue weighted by Crippen LogP contribution is -2.46. The zero-order valence-electron chi connectivity index (χ0n) is 16.4. The molecule has 2 unspecified atom stereocenters. The summed E-state index contributed by atoms with van der Waals surface area (Å²) in [6.45, 7) is 0.413. The van der Waals surface area contributed by atoms with Crippen LogP contribution in [-0.4, -0.2) is 55.6 Å². The van der Waals surface area contributed by atoms with Crippen LogP contribution in [0.25, 0.3) is 10.9 Å². The maximum absolute atomic E-state index is 13.6. The number of rotatable bonds is 5. The molecule has 0 saturated carbocycles. The molecule has 0 radical (unpaired) electrons. The molecule has 1 aromatic heterocycles. The Bertz CT molecular complexity index is 936. The summed E-state index contributed by atoms with van der Waals surface area (Å²) in [5.41, 5.74) is 1.47. The van der Waals surface area contributed by atoms with Gasteiger partial charge in [0.2, 0.25) is 0 Å². The highest BCUT2D eigenvalue weighted by molar-refractivity contribution is 5.95. The summed E-state index contributed by atoms with van der Waals surface area (Å²) in [6.07, 6.45) is -2.70. The molecule has 1 aromatic carbocycles. The van der Waals surface area contributed by atoms with Gasteiger partial charge in [-0.05, 0) is 50.7 Å². The van der Waals surface area contributed by atoms with Crippen LogP contribution >= 0.6 is 0 Å². The van der Waals surface area contributed by atoms with E-state index in [2.05, 4.69) is 11.1 Å². The van der Waals surface area contributed by atoms with Gasteiger partial charge in [-0.1, -0.05) is 0 Å². The lowest BCUT2D eigenvalue weighted by molar-refractivity contribution is -0.179. The number of anilines is 1. The number of likely N-dealkylation sites (N-methyl/N-ethyl adjacent to an activating group) is 1. The van der Waals surface area contributed by atoms with E-state index in [1.165, 1.54) is 0 Å². The highest BCUT2D eigenvalue weighted by Gasteiger charge is 2.45. The average Bonchev–Trinajstić information content (AvgIpc) is 2.65. The van der Waals surface area contributed by atoms with E-state index in [1.807, 2.05) is 0 Å². The Morgan fingerprint density at radius 1 is 1.31 bits per heavy atom. The van der Waals surface area contributed by atoms with E-state index >= 15 is 0 Å². The number of hydrogen-bond acceptors (Lipinski definition) is 5. The molecule has 0 bridgehead atoms. The molecule has 2 aromatic rings. The number of ketones is 1. The number of pyridine rings is 1. The molecular formula is C21H23F3N4O. The molecular weight excluding hydrogens is 381 g/mol. The van der Waals surface area contributed by atoms with Crippen molar-refractivity contribution < 1.29 is 18.0 Å². The van der Waals surface area contributed by atoms with Crippen molar-refractivity contribution in [2.24, 2.45) is 11.8 Å². The first kappa shape index (κ1) is 21.1. The summed E-state index contributed by atoms with van der Waals surface area (Å²) >= 11 is 0. The van der Waals surface area contributed by atoms with Crippen LogP contribution in [0.4, 0.5) is 18.9 Å². The molecule has 1 aliphatic heterocycles. The fraction of sp³-hybridized carbons (Fsp3) is 0.476. The molecule has 0 aliphatic carbocycles. The summed E-state index contributed by atoms with van der Waals surface area (Å²) in [7, 11) is 3.53. The number of nitrogens with zero attached hydrogens (tertiary/aromatic N) is 4. The molecule has 2 heterocycles. The highest BCUT2D eigenvalue weighted by atomic mass is 19.4. The number of carbonyl (C=O) groups excluding carboxylic acids is 1. The molecule has 0 spiro atoms. The molecule has 29 heavy (non-hydrogen) atoms. The smallest absolute Gasteiger partial charge is 0.370 e. The van der Waals surface area contributed by atoms with Gasteiger partial charge in [-0.2, -0.15) is 18.4 Å². The van der Waals surface area contributed by atoms with Crippen molar-refractivity contribution in [3.05, 3.63) is 36.0 Å². The normalized spacial score (nSPS) is 20.1. The van der Waals surface area contributed by atoms with E-state index in [0.29, 0.717) is 28.7 Å². The van der Waals surface area contributed by atoms with Gasteiger partial charge in [-0.3, -0.25) is 9.78 Å². The van der Waals surface area contributed by atoms with Crippen molar-refractivity contribution in [3.63, 3.8) is 0 Å². The summed E-state index contributed by atoms with van der Waals surface area (Å²) in [4.78, 5) is 19.9. The standard InChI is InChI=1S/C21H23F3N4O/c1-27(2)13-17(29)9-14-8-16(21(22,23)24)12-28(11-14)19-6-5-15(10-25)20-18(19)4-3-7-26-20/h3-7,14,16H,8-9,11-13H2,1-2H3. The molecule has 2 atom stereocenters. The van der Waals surface area contributed by atoms with Crippen LogP contribution in [0.15, 0.2) is 30.5 Å². The monoisotopic (exact) mass is 404 g/mol. The number of fused-ring (bicyclic) bond motifs is 1. The zero-order valence-corrected chi connectivity index (χ0v) is 16.4. The topological polar surface area (TPSA) is 60.2 Å². The van der Waals surface area contributed by atoms with Gasteiger partial charge in [-0.15, -0.1) is 0 Å². The molecule has 3 rings (SSSR count). The molecule has 5 nitrogen and oxygen atoms in total. The second-order valence-corrected chi connectivity index (χ2v) is 7.87. The quantitative estimate of drug-likeness (QED) is 0.762. The van der Waals surface area contributed by atoms with Crippen molar-refractivity contribution in [1.82, 2.24) is 9.88 Å². The van der Waals surface area contributed by atoms with E-state index < -0.39 is 12.1 Å². The van der Waals surface area contributed by atoms with Crippen LogP contribution in [0.2, 0.25) is 0 Å². The van der Waals surface area contributed by atoms with Crippen LogP contribution in [0.5, 0.6) is 0 Å². The third kappa shape index (κ3) is 4.85. The van der Waals surface area contributed by atoms with Gasteiger partial charge in [0.25, 0.3) is 0 Å². The minimum Gasteiger partial charge on any atom is -0.370 e. The number of benzene rings is 1. The van der Waals surface area contributed by atoms with Crippen LogP contribution in [0.1, 0.15) is 18.4 Å². The number of nitriles is 1. The largest absolute Gasteiger partial charge is 0.393 e. The Labute approximate surface area is 167 Å². The number of alkyl halides is 3. The first-order valence-electron chi connectivity index (χ1n) is 9.45. The Balaban J connectivity index is 1.94. The SMILES string of the molecule is CN(C)CC(=O)CC1CC(C(F)(F)F)CN(c2ccc(C#N)c3ncccc23)C1. The van der Waals surface area contributed by atoms with Gasteiger partial charge in [0.05, 0.1) is 23.5 Å². The van der Waals surface area contributed by atoms with Gasteiger partial charge in [0.15, 0.2) is 0 Å². The Kier molecular flexibility index (Phi) is 6.08. The molecule has 8 heteroatoms. The van der Waals surface area contributed by atoms with Gasteiger partial charge in [0.1, 0.15) is 11.9 Å². The van der Waals surface area contributed by atoms with Crippen LogP contribution in [0.3, 0.4) is 0 Å². The number of carbonyl (C=O) groups is 1. The summed E-state index contributed by atoms with van der Waals surface area (Å²) in [5, 5.41) is 9.95. The number of hydrogen-bond donors (Lipinski definition) is 0. The number of piperidine rings is 1. The van der Waals surface area contributed by atoms with E-state index in [1.54, 1.807) is 54.4 Å². The average molecular weight is 404 g/mol. The van der Waals surface area contributed by atoms with Crippen molar-refractivity contribution in [2.75, 3.05) is 38.6 Å². The van der Waals surface area contributed by atoms with Crippen molar-refractivity contribution in [1.29, 1.82) is 5.26 Å². The maximum Gasteiger partial charge on any atom is 0.393 e. The number of halogens is 3. The summed E-state index contributed by atoms with van der Waals surface area (Å²) < 4.78 is 40.8. The molecule has 1 fully saturated rings. The number of Topliss-reactive ketones (excluding diaryl/α,β-unsaturated/α-hetero) is 1.